The molecule has 0 unspecified atom stereocenters. The first kappa shape index (κ1) is 21.4. The fraction of sp³-hybridized carbons (Fsp3) is 0.500. The van der Waals surface area contributed by atoms with Gasteiger partial charge in [0.15, 0.2) is 11.6 Å². The molecule has 0 aromatic heterocycles. The standard InChI is InChI=1S/C18H23BF4N2O2/c1-10(24)12(8-25-9-14(20)21)11-6-7-13(16(23)15(11)22)19-26-17(2,3)18(4,5)27-19/h6-8,14H,9,24H2,1-5H3/b12-10+,25-8?. The van der Waals surface area contributed by atoms with E-state index in [1.807, 2.05) is 0 Å². The van der Waals surface area contributed by atoms with Crippen LogP contribution in [0.5, 0.6) is 0 Å². The van der Waals surface area contributed by atoms with Crippen molar-refractivity contribution in [1.82, 2.24) is 0 Å². The highest BCUT2D eigenvalue weighted by Gasteiger charge is 2.52. The van der Waals surface area contributed by atoms with E-state index in [1.165, 1.54) is 19.1 Å². The molecule has 2 N–H and O–H groups in total. The molecule has 1 aliphatic rings. The van der Waals surface area contributed by atoms with Crippen LogP contribution in [0.4, 0.5) is 17.6 Å². The first-order valence-electron chi connectivity index (χ1n) is 8.45. The van der Waals surface area contributed by atoms with Crippen LogP contribution < -0.4 is 11.2 Å². The Balaban J connectivity index is 2.40. The van der Waals surface area contributed by atoms with Gasteiger partial charge in [-0.15, -0.1) is 0 Å². The van der Waals surface area contributed by atoms with E-state index >= 15 is 0 Å². The Bertz CT molecular complexity index is 759. The van der Waals surface area contributed by atoms with E-state index in [0.29, 0.717) is 0 Å². The van der Waals surface area contributed by atoms with Crippen molar-refractivity contribution in [3.63, 3.8) is 0 Å². The third-order valence-corrected chi connectivity index (χ3v) is 4.80. The second-order valence-electron chi connectivity index (χ2n) is 7.40. The molecule has 0 amide bonds. The van der Waals surface area contributed by atoms with Crippen molar-refractivity contribution >= 4 is 24.4 Å². The van der Waals surface area contributed by atoms with Gasteiger partial charge in [0.05, 0.1) is 17.7 Å². The maximum absolute atomic E-state index is 14.7. The highest BCUT2D eigenvalue weighted by Crippen LogP contribution is 2.37. The third-order valence-electron chi connectivity index (χ3n) is 4.80. The fourth-order valence-electron chi connectivity index (χ4n) is 2.53. The number of allylic oxidation sites excluding steroid dienone is 2. The summed E-state index contributed by atoms with van der Waals surface area (Å²) in [6.45, 7) is 7.89. The van der Waals surface area contributed by atoms with Gasteiger partial charge in [0.2, 0.25) is 0 Å². The summed E-state index contributed by atoms with van der Waals surface area (Å²) >= 11 is 0. The lowest BCUT2D eigenvalue weighted by atomic mass is 9.77. The summed E-state index contributed by atoms with van der Waals surface area (Å²) in [5.41, 5.74) is 4.17. The molecular formula is C18H23BF4N2O2. The largest absolute Gasteiger partial charge is 0.497 e. The molecule has 0 aliphatic carbocycles. The maximum atomic E-state index is 14.7. The minimum atomic E-state index is -2.65. The number of hydrogen-bond acceptors (Lipinski definition) is 4. The lowest BCUT2D eigenvalue weighted by Gasteiger charge is -2.32. The molecule has 0 atom stereocenters. The van der Waals surface area contributed by atoms with Crippen molar-refractivity contribution in [2.75, 3.05) is 6.54 Å². The van der Waals surface area contributed by atoms with Crippen molar-refractivity contribution in [2.45, 2.75) is 52.2 Å². The van der Waals surface area contributed by atoms with E-state index in [9.17, 15) is 17.6 Å². The van der Waals surface area contributed by atoms with Gasteiger partial charge < -0.3 is 15.0 Å². The summed E-state index contributed by atoms with van der Waals surface area (Å²) < 4.78 is 65.5. The van der Waals surface area contributed by atoms with Gasteiger partial charge in [-0.3, -0.25) is 4.99 Å². The van der Waals surface area contributed by atoms with Crippen molar-refractivity contribution < 1.29 is 26.9 Å². The van der Waals surface area contributed by atoms with Crippen molar-refractivity contribution in [3.05, 3.63) is 35.0 Å². The molecule has 0 saturated carbocycles. The number of halogens is 4. The van der Waals surface area contributed by atoms with Gasteiger partial charge >= 0.3 is 7.12 Å². The van der Waals surface area contributed by atoms with Gasteiger partial charge in [0.25, 0.3) is 6.43 Å². The molecule has 1 aliphatic heterocycles. The molecule has 9 heteroatoms. The Morgan fingerprint density at radius 2 is 1.70 bits per heavy atom. The molecular weight excluding hydrogens is 363 g/mol. The quantitative estimate of drug-likeness (QED) is 0.480. The number of benzene rings is 1. The fourth-order valence-corrected chi connectivity index (χ4v) is 2.53. The van der Waals surface area contributed by atoms with Crippen molar-refractivity contribution in [1.29, 1.82) is 0 Å². The SMILES string of the molecule is C/C(N)=C(/C=NCC(F)F)c1ccc(B2OC(C)(C)C(C)(C)O2)c(F)c1F. The molecule has 1 saturated heterocycles. The molecule has 1 heterocycles. The predicted molar refractivity (Wildman–Crippen MR) is 98.2 cm³/mol. The Hall–Kier alpha value is -1.87. The van der Waals surface area contributed by atoms with Gasteiger partial charge in [0, 0.05) is 28.5 Å². The lowest BCUT2D eigenvalue weighted by molar-refractivity contribution is 0.00578. The average molecular weight is 386 g/mol. The highest BCUT2D eigenvalue weighted by atomic mass is 19.3. The maximum Gasteiger partial charge on any atom is 0.497 e. The smallest absolute Gasteiger partial charge is 0.402 e. The van der Waals surface area contributed by atoms with E-state index in [0.717, 1.165) is 6.21 Å². The Kier molecular flexibility index (Phi) is 6.06. The monoisotopic (exact) mass is 386 g/mol. The minimum absolute atomic E-state index is 0.0347. The summed E-state index contributed by atoms with van der Waals surface area (Å²) in [7, 11) is -1.07. The van der Waals surface area contributed by atoms with Crippen molar-refractivity contribution in [3.8, 4) is 0 Å². The van der Waals surface area contributed by atoms with Gasteiger partial charge in [-0.25, -0.2) is 17.6 Å². The van der Waals surface area contributed by atoms with Crippen LogP contribution in [0.1, 0.15) is 40.2 Å². The van der Waals surface area contributed by atoms with E-state index in [4.69, 9.17) is 15.0 Å². The van der Waals surface area contributed by atoms with Gasteiger partial charge in [-0.2, -0.15) is 0 Å². The Morgan fingerprint density at radius 1 is 1.15 bits per heavy atom. The Labute approximate surface area is 156 Å². The normalized spacial score (nSPS) is 19.9. The number of nitrogens with two attached hydrogens (primary N) is 1. The second kappa shape index (κ2) is 7.63. The number of rotatable bonds is 5. The molecule has 148 valence electrons. The molecule has 0 bridgehead atoms. The summed E-state index contributed by atoms with van der Waals surface area (Å²) in [6, 6.07) is 2.64. The molecule has 1 aromatic rings. The van der Waals surface area contributed by atoms with E-state index in [-0.39, 0.29) is 22.3 Å². The number of hydrogen-bond donors (Lipinski definition) is 1. The molecule has 2 rings (SSSR count). The van der Waals surface area contributed by atoms with Gasteiger partial charge in [-0.1, -0.05) is 12.1 Å². The van der Waals surface area contributed by atoms with E-state index in [2.05, 4.69) is 4.99 Å². The predicted octanol–water partition coefficient (Wildman–Crippen LogP) is 3.29. The zero-order valence-corrected chi connectivity index (χ0v) is 15.9. The van der Waals surface area contributed by atoms with Crippen LogP contribution in [0, 0.1) is 11.6 Å². The minimum Gasteiger partial charge on any atom is -0.402 e. The number of alkyl halides is 2. The summed E-state index contributed by atoms with van der Waals surface area (Å²) in [6.07, 6.45) is -1.62. The van der Waals surface area contributed by atoms with Crippen LogP contribution in [-0.4, -0.2) is 37.5 Å². The zero-order valence-electron chi connectivity index (χ0n) is 15.9. The van der Waals surface area contributed by atoms with Crippen LogP contribution in [0.15, 0.2) is 22.8 Å². The first-order valence-corrected chi connectivity index (χ1v) is 8.45. The zero-order chi connectivity index (χ0) is 20.6. The second-order valence-corrected chi connectivity index (χ2v) is 7.40. The van der Waals surface area contributed by atoms with Crippen LogP contribution in [0.3, 0.4) is 0 Å². The first-order chi connectivity index (χ1) is 12.4. The average Bonchev–Trinajstić information content (AvgIpc) is 2.74. The molecule has 4 nitrogen and oxygen atoms in total. The Morgan fingerprint density at radius 3 is 2.19 bits per heavy atom. The summed E-state index contributed by atoms with van der Waals surface area (Å²) in [5, 5.41) is 0. The van der Waals surface area contributed by atoms with Crippen LogP contribution in [-0.2, 0) is 9.31 Å². The molecule has 1 aromatic carbocycles. The van der Waals surface area contributed by atoms with Crippen LogP contribution in [0.25, 0.3) is 5.57 Å². The van der Waals surface area contributed by atoms with Crippen LogP contribution >= 0.6 is 0 Å². The number of nitrogens with zero attached hydrogens (tertiary/aromatic N) is 1. The van der Waals surface area contributed by atoms with E-state index in [1.54, 1.807) is 27.7 Å². The van der Waals surface area contributed by atoms with Crippen molar-refractivity contribution in [2.24, 2.45) is 10.7 Å². The highest BCUT2D eigenvalue weighted by molar-refractivity contribution is 6.62. The summed E-state index contributed by atoms with van der Waals surface area (Å²) in [4.78, 5) is 3.53. The topological polar surface area (TPSA) is 56.8 Å². The molecule has 0 spiro atoms. The molecule has 0 radical (unpaired) electrons. The number of aliphatic imine (C=N–C) groups is 1. The molecule has 27 heavy (non-hydrogen) atoms. The van der Waals surface area contributed by atoms with E-state index < -0.39 is 42.9 Å². The molecule has 1 fully saturated rings. The van der Waals surface area contributed by atoms with Crippen LogP contribution in [0.2, 0.25) is 0 Å². The summed E-state index contributed by atoms with van der Waals surface area (Å²) in [5.74, 6) is -2.32. The third kappa shape index (κ3) is 4.35. The lowest BCUT2D eigenvalue weighted by Crippen LogP contribution is -2.41. The van der Waals surface area contributed by atoms with Gasteiger partial charge in [-0.05, 0) is 34.6 Å². The van der Waals surface area contributed by atoms with Gasteiger partial charge in [0.1, 0.15) is 0 Å².